The van der Waals surface area contributed by atoms with Crippen LogP contribution < -0.4 is 5.46 Å². The highest BCUT2D eigenvalue weighted by Crippen LogP contribution is 2.37. The molecule has 2 aliphatic heterocycles. The summed E-state index contributed by atoms with van der Waals surface area (Å²) < 4.78 is 17.9. The molecule has 0 aliphatic carbocycles. The van der Waals surface area contributed by atoms with Crippen molar-refractivity contribution in [2.24, 2.45) is 0 Å². The van der Waals surface area contributed by atoms with Crippen molar-refractivity contribution in [3.05, 3.63) is 28.8 Å². The van der Waals surface area contributed by atoms with Gasteiger partial charge in [-0.3, -0.25) is 0 Å². The molecule has 0 bridgehead atoms. The van der Waals surface area contributed by atoms with Gasteiger partial charge in [0.2, 0.25) is 0 Å². The van der Waals surface area contributed by atoms with Gasteiger partial charge in [0.25, 0.3) is 0 Å². The van der Waals surface area contributed by atoms with Crippen LogP contribution in [0.4, 0.5) is 0 Å². The minimum atomic E-state index is -0.342. The molecule has 2 aliphatic rings. The van der Waals surface area contributed by atoms with Gasteiger partial charge in [0.15, 0.2) is 0 Å². The Hall–Kier alpha value is -0.545. The summed E-state index contributed by atoms with van der Waals surface area (Å²) in [5, 5.41) is 0.802. The van der Waals surface area contributed by atoms with Gasteiger partial charge in [-0.1, -0.05) is 23.7 Å². The second-order valence-electron chi connectivity index (χ2n) is 7.28. The van der Waals surface area contributed by atoms with E-state index >= 15 is 0 Å². The van der Waals surface area contributed by atoms with Gasteiger partial charge >= 0.3 is 7.12 Å². The Morgan fingerprint density at radius 3 is 2.41 bits per heavy atom. The van der Waals surface area contributed by atoms with Gasteiger partial charge in [-0.05, 0) is 57.6 Å². The zero-order chi connectivity index (χ0) is 16.0. The maximum absolute atomic E-state index is 6.41. The number of ether oxygens (including phenoxy) is 1. The molecule has 3 nitrogen and oxygen atoms in total. The largest absolute Gasteiger partial charge is 0.494 e. The number of hydrogen-bond donors (Lipinski definition) is 0. The molecule has 1 aromatic rings. The summed E-state index contributed by atoms with van der Waals surface area (Å²) in [6.45, 7) is 9.87. The van der Waals surface area contributed by atoms with Crippen LogP contribution in [0, 0.1) is 0 Å². The maximum Gasteiger partial charge on any atom is 0.494 e. The van der Waals surface area contributed by atoms with Crippen LogP contribution >= 0.6 is 11.6 Å². The van der Waals surface area contributed by atoms with Crippen LogP contribution in [0.5, 0.6) is 0 Å². The summed E-state index contributed by atoms with van der Waals surface area (Å²) in [6, 6.07) is 6.08. The molecule has 1 aromatic carbocycles. The summed E-state index contributed by atoms with van der Waals surface area (Å²) in [5.41, 5.74) is 1.52. The van der Waals surface area contributed by atoms with Gasteiger partial charge in [-0.2, -0.15) is 0 Å². The van der Waals surface area contributed by atoms with E-state index in [1.165, 1.54) is 0 Å². The molecular weight excluding hydrogens is 298 g/mol. The fraction of sp³-hybridized carbons (Fsp3) is 0.647. The average Bonchev–Trinajstić information content (AvgIpc) is 2.69. The molecule has 120 valence electrons. The standard InChI is InChI=1S/C17H24BClO3/c1-16(2)17(3,4)22-18(21-16)13-7-8-15(19)14(10-13)12-6-5-9-20-11-12/h7-8,10,12H,5-6,9,11H2,1-4H3. The molecule has 0 N–H and O–H groups in total. The van der Waals surface area contributed by atoms with Gasteiger partial charge in [-0.25, -0.2) is 0 Å². The van der Waals surface area contributed by atoms with Crippen molar-refractivity contribution in [3.63, 3.8) is 0 Å². The normalized spacial score (nSPS) is 27.1. The fourth-order valence-corrected chi connectivity index (χ4v) is 3.26. The molecule has 2 saturated heterocycles. The third-order valence-corrected chi connectivity index (χ3v) is 5.49. The van der Waals surface area contributed by atoms with E-state index in [1.807, 2.05) is 12.1 Å². The second kappa shape index (κ2) is 5.83. The van der Waals surface area contributed by atoms with E-state index < -0.39 is 0 Å². The molecule has 0 radical (unpaired) electrons. The van der Waals surface area contributed by atoms with Crippen LogP contribution in [0.1, 0.15) is 52.0 Å². The number of hydrogen-bond acceptors (Lipinski definition) is 3. The van der Waals surface area contributed by atoms with Crippen molar-refractivity contribution in [2.75, 3.05) is 13.2 Å². The lowest BCUT2D eigenvalue weighted by molar-refractivity contribution is 0.00578. The topological polar surface area (TPSA) is 27.7 Å². The van der Waals surface area contributed by atoms with Gasteiger partial charge in [0.05, 0.1) is 17.8 Å². The summed E-state index contributed by atoms with van der Waals surface area (Å²) in [7, 11) is -0.342. The summed E-state index contributed by atoms with van der Waals surface area (Å²) in [6.07, 6.45) is 2.20. The van der Waals surface area contributed by atoms with E-state index in [0.29, 0.717) is 5.92 Å². The third kappa shape index (κ3) is 2.94. The molecule has 0 aromatic heterocycles. The highest BCUT2D eigenvalue weighted by molar-refractivity contribution is 6.62. The van der Waals surface area contributed by atoms with Crippen molar-refractivity contribution in [2.45, 2.75) is 57.7 Å². The zero-order valence-electron chi connectivity index (χ0n) is 13.8. The molecule has 1 atom stereocenters. The third-order valence-electron chi connectivity index (χ3n) is 5.15. The predicted octanol–water partition coefficient (Wildman–Crippen LogP) is 3.53. The highest BCUT2D eigenvalue weighted by Gasteiger charge is 2.51. The Morgan fingerprint density at radius 1 is 1.14 bits per heavy atom. The Morgan fingerprint density at radius 2 is 1.82 bits per heavy atom. The molecule has 0 saturated carbocycles. The van der Waals surface area contributed by atoms with Crippen LogP contribution in [0.3, 0.4) is 0 Å². The predicted molar refractivity (Wildman–Crippen MR) is 90.0 cm³/mol. The molecule has 2 fully saturated rings. The van der Waals surface area contributed by atoms with E-state index in [0.717, 1.165) is 42.1 Å². The van der Waals surface area contributed by atoms with Crippen molar-refractivity contribution in [3.8, 4) is 0 Å². The number of rotatable bonds is 2. The molecular formula is C17H24BClO3. The van der Waals surface area contributed by atoms with Crippen molar-refractivity contribution in [1.82, 2.24) is 0 Å². The average molecular weight is 323 g/mol. The molecule has 5 heteroatoms. The smallest absolute Gasteiger partial charge is 0.399 e. The molecule has 2 heterocycles. The van der Waals surface area contributed by atoms with Gasteiger partial charge in [-0.15, -0.1) is 0 Å². The lowest BCUT2D eigenvalue weighted by atomic mass is 9.77. The van der Waals surface area contributed by atoms with Crippen LogP contribution in [-0.4, -0.2) is 31.5 Å². The number of benzene rings is 1. The first-order valence-electron chi connectivity index (χ1n) is 8.03. The first-order chi connectivity index (χ1) is 10.3. The van der Waals surface area contributed by atoms with Gasteiger partial charge in [0.1, 0.15) is 0 Å². The summed E-state index contributed by atoms with van der Waals surface area (Å²) >= 11 is 6.41. The van der Waals surface area contributed by atoms with E-state index in [2.05, 4.69) is 33.8 Å². The monoisotopic (exact) mass is 322 g/mol. The van der Waals surface area contributed by atoms with Crippen LogP contribution in [0.2, 0.25) is 5.02 Å². The van der Waals surface area contributed by atoms with Gasteiger partial charge < -0.3 is 14.0 Å². The van der Waals surface area contributed by atoms with Crippen LogP contribution in [-0.2, 0) is 14.0 Å². The first kappa shape index (κ1) is 16.3. The first-order valence-corrected chi connectivity index (χ1v) is 8.41. The maximum atomic E-state index is 6.41. The Bertz CT molecular complexity index is 537. The summed E-state index contributed by atoms with van der Waals surface area (Å²) in [5.74, 6) is 0.364. The number of halogens is 1. The van der Waals surface area contributed by atoms with E-state index in [-0.39, 0.29) is 18.3 Å². The van der Waals surface area contributed by atoms with E-state index in [4.69, 9.17) is 25.6 Å². The highest BCUT2D eigenvalue weighted by atomic mass is 35.5. The minimum absolute atomic E-state index is 0.328. The second-order valence-corrected chi connectivity index (χ2v) is 7.69. The Balaban J connectivity index is 1.87. The fourth-order valence-electron chi connectivity index (χ4n) is 2.99. The van der Waals surface area contributed by atoms with E-state index in [1.54, 1.807) is 0 Å². The van der Waals surface area contributed by atoms with E-state index in [9.17, 15) is 0 Å². The molecule has 22 heavy (non-hydrogen) atoms. The Labute approximate surface area is 138 Å². The quantitative estimate of drug-likeness (QED) is 0.780. The van der Waals surface area contributed by atoms with Crippen molar-refractivity contribution in [1.29, 1.82) is 0 Å². The van der Waals surface area contributed by atoms with Crippen molar-refractivity contribution >= 4 is 24.2 Å². The lowest BCUT2D eigenvalue weighted by Crippen LogP contribution is -2.41. The molecule has 0 amide bonds. The summed E-state index contributed by atoms with van der Waals surface area (Å²) in [4.78, 5) is 0. The SMILES string of the molecule is CC1(C)OB(c2ccc(Cl)c(C3CCCOC3)c2)OC1(C)C. The molecule has 3 rings (SSSR count). The molecule has 0 spiro atoms. The minimum Gasteiger partial charge on any atom is -0.399 e. The van der Waals surface area contributed by atoms with Gasteiger partial charge in [0, 0.05) is 17.5 Å². The zero-order valence-corrected chi connectivity index (χ0v) is 14.6. The van der Waals surface area contributed by atoms with Crippen LogP contribution in [0.15, 0.2) is 18.2 Å². The van der Waals surface area contributed by atoms with Crippen LogP contribution in [0.25, 0.3) is 0 Å². The molecule has 1 unspecified atom stereocenters. The lowest BCUT2D eigenvalue weighted by Gasteiger charge is -2.32. The van der Waals surface area contributed by atoms with Crippen molar-refractivity contribution < 1.29 is 14.0 Å². The Kier molecular flexibility index (Phi) is 4.32.